The van der Waals surface area contributed by atoms with Crippen LogP contribution in [0.1, 0.15) is 12.6 Å². The van der Waals surface area contributed by atoms with Gasteiger partial charge in [-0.3, -0.25) is 4.68 Å². The van der Waals surface area contributed by atoms with Crippen LogP contribution in [-0.2, 0) is 13.1 Å². The van der Waals surface area contributed by atoms with E-state index in [1.807, 2.05) is 10.9 Å². The lowest BCUT2D eigenvalue weighted by molar-refractivity contribution is 0.390. The molecular weight excluding hydrogens is 217 g/mol. The highest BCUT2D eigenvalue weighted by Gasteiger charge is 2.18. The van der Waals surface area contributed by atoms with Crippen molar-refractivity contribution in [1.82, 2.24) is 15.1 Å². The SMILES string of the molecule is C[C@@H]1Cn2ncc(-c3ccc(F)cc3)c2CN1. The number of hydrogen-bond acceptors (Lipinski definition) is 2. The third-order valence-corrected chi connectivity index (χ3v) is 3.17. The summed E-state index contributed by atoms with van der Waals surface area (Å²) in [6.07, 6.45) is 1.86. The first-order chi connectivity index (χ1) is 8.24. The average Bonchev–Trinajstić information content (AvgIpc) is 2.73. The molecule has 1 aromatic carbocycles. The maximum atomic E-state index is 12.9. The summed E-state index contributed by atoms with van der Waals surface area (Å²) in [5, 5.41) is 7.80. The van der Waals surface area contributed by atoms with Crippen LogP contribution in [0.4, 0.5) is 4.39 Å². The molecule has 3 rings (SSSR count). The van der Waals surface area contributed by atoms with Crippen LogP contribution in [0.5, 0.6) is 0 Å². The Morgan fingerprint density at radius 1 is 1.35 bits per heavy atom. The molecule has 0 fully saturated rings. The van der Waals surface area contributed by atoms with E-state index >= 15 is 0 Å². The first kappa shape index (κ1) is 10.5. The van der Waals surface area contributed by atoms with Crippen molar-refractivity contribution in [1.29, 1.82) is 0 Å². The summed E-state index contributed by atoms with van der Waals surface area (Å²) in [4.78, 5) is 0. The van der Waals surface area contributed by atoms with Crippen LogP contribution >= 0.6 is 0 Å². The van der Waals surface area contributed by atoms with Crippen molar-refractivity contribution in [2.75, 3.05) is 0 Å². The third kappa shape index (κ3) is 1.85. The molecule has 0 spiro atoms. The molecule has 1 atom stereocenters. The topological polar surface area (TPSA) is 29.9 Å². The molecule has 0 aliphatic carbocycles. The molecule has 2 heterocycles. The van der Waals surface area contributed by atoms with Gasteiger partial charge in [-0.15, -0.1) is 0 Å². The molecule has 0 radical (unpaired) electrons. The van der Waals surface area contributed by atoms with E-state index in [-0.39, 0.29) is 5.82 Å². The molecule has 2 aromatic rings. The third-order valence-electron chi connectivity index (χ3n) is 3.17. The summed E-state index contributed by atoms with van der Waals surface area (Å²) in [5.74, 6) is -0.207. The van der Waals surface area contributed by atoms with Gasteiger partial charge < -0.3 is 5.32 Å². The number of nitrogens with zero attached hydrogens (tertiary/aromatic N) is 2. The van der Waals surface area contributed by atoms with Crippen LogP contribution in [-0.4, -0.2) is 15.8 Å². The van der Waals surface area contributed by atoms with Gasteiger partial charge in [-0.05, 0) is 24.6 Å². The van der Waals surface area contributed by atoms with Crippen LogP contribution < -0.4 is 5.32 Å². The van der Waals surface area contributed by atoms with Gasteiger partial charge >= 0.3 is 0 Å². The zero-order chi connectivity index (χ0) is 11.8. The van der Waals surface area contributed by atoms with Gasteiger partial charge in [0.15, 0.2) is 0 Å². The molecule has 1 aliphatic rings. The number of halogens is 1. The molecule has 0 unspecified atom stereocenters. The van der Waals surface area contributed by atoms with E-state index in [2.05, 4.69) is 17.3 Å². The Bertz CT molecular complexity index is 530. The minimum Gasteiger partial charge on any atom is -0.307 e. The maximum Gasteiger partial charge on any atom is 0.123 e. The van der Waals surface area contributed by atoms with Crippen molar-refractivity contribution in [2.24, 2.45) is 0 Å². The van der Waals surface area contributed by atoms with Crippen molar-refractivity contribution < 1.29 is 4.39 Å². The van der Waals surface area contributed by atoms with Crippen molar-refractivity contribution in [3.05, 3.63) is 42.0 Å². The highest BCUT2D eigenvalue weighted by Crippen LogP contribution is 2.25. The second-order valence-corrected chi connectivity index (χ2v) is 4.48. The molecule has 88 valence electrons. The van der Waals surface area contributed by atoms with Gasteiger partial charge in [-0.2, -0.15) is 5.10 Å². The van der Waals surface area contributed by atoms with Gasteiger partial charge in [0.2, 0.25) is 0 Å². The molecule has 0 saturated carbocycles. The fraction of sp³-hybridized carbons (Fsp3) is 0.308. The van der Waals surface area contributed by atoms with Crippen molar-refractivity contribution in [3.8, 4) is 11.1 Å². The molecule has 3 nitrogen and oxygen atoms in total. The standard InChI is InChI=1S/C13H14FN3/c1-9-8-17-13(7-15-9)12(6-16-17)10-2-4-11(14)5-3-10/h2-6,9,15H,7-8H2,1H3/t9-/m1/s1. The first-order valence-electron chi connectivity index (χ1n) is 5.78. The van der Waals surface area contributed by atoms with Gasteiger partial charge in [0, 0.05) is 18.2 Å². The van der Waals surface area contributed by atoms with Crippen LogP contribution in [0, 0.1) is 5.82 Å². The summed E-state index contributed by atoms with van der Waals surface area (Å²) >= 11 is 0. The average molecular weight is 231 g/mol. The van der Waals surface area contributed by atoms with E-state index in [0.717, 1.165) is 24.2 Å². The number of hydrogen-bond donors (Lipinski definition) is 1. The molecule has 0 bridgehead atoms. The van der Waals surface area contributed by atoms with Crippen LogP contribution in [0.3, 0.4) is 0 Å². The van der Waals surface area contributed by atoms with E-state index in [9.17, 15) is 4.39 Å². The molecule has 17 heavy (non-hydrogen) atoms. The van der Waals surface area contributed by atoms with Gasteiger partial charge in [-0.25, -0.2) is 4.39 Å². The first-order valence-corrected chi connectivity index (χ1v) is 5.78. The Morgan fingerprint density at radius 2 is 2.12 bits per heavy atom. The van der Waals surface area contributed by atoms with Gasteiger partial charge in [-0.1, -0.05) is 12.1 Å². The largest absolute Gasteiger partial charge is 0.307 e. The lowest BCUT2D eigenvalue weighted by Gasteiger charge is -2.22. The summed E-state index contributed by atoms with van der Waals surface area (Å²) in [6.45, 7) is 3.84. The highest BCUT2D eigenvalue weighted by molar-refractivity contribution is 5.65. The number of fused-ring (bicyclic) bond motifs is 1. The quantitative estimate of drug-likeness (QED) is 0.815. The minimum absolute atomic E-state index is 0.207. The van der Waals surface area contributed by atoms with E-state index in [1.54, 1.807) is 12.1 Å². The fourth-order valence-electron chi connectivity index (χ4n) is 2.22. The monoisotopic (exact) mass is 231 g/mol. The Morgan fingerprint density at radius 3 is 2.88 bits per heavy atom. The van der Waals surface area contributed by atoms with Gasteiger partial charge in [0.05, 0.1) is 18.4 Å². The van der Waals surface area contributed by atoms with E-state index in [0.29, 0.717) is 6.04 Å². The second kappa shape index (κ2) is 3.96. The van der Waals surface area contributed by atoms with Gasteiger partial charge in [0.25, 0.3) is 0 Å². The Kier molecular flexibility index (Phi) is 2.44. The van der Waals surface area contributed by atoms with Crippen LogP contribution in [0.25, 0.3) is 11.1 Å². The zero-order valence-electron chi connectivity index (χ0n) is 9.65. The maximum absolute atomic E-state index is 12.9. The highest BCUT2D eigenvalue weighted by atomic mass is 19.1. The molecular formula is C13H14FN3. The van der Waals surface area contributed by atoms with Crippen molar-refractivity contribution >= 4 is 0 Å². The lowest BCUT2D eigenvalue weighted by Crippen LogP contribution is -2.36. The van der Waals surface area contributed by atoms with E-state index < -0.39 is 0 Å². The zero-order valence-corrected chi connectivity index (χ0v) is 9.65. The Hall–Kier alpha value is -1.68. The number of nitrogens with one attached hydrogen (secondary N) is 1. The Balaban J connectivity index is 2.02. The Labute approximate surface area is 99.3 Å². The number of rotatable bonds is 1. The molecule has 1 aliphatic heterocycles. The molecule has 0 saturated heterocycles. The second-order valence-electron chi connectivity index (χ2n) is 4.48. The lowest BCUT2D eigenvalue weighted by atomic mass is 10.1. The number of benzene rings is 1. The fourth-order valence-corrected chi connectivity index (χ4v) is 2.22. The summed E-state index contributed by atoms with van der Waals surface area (Å²) in [7, 11) is 0. The van der Waals surface area contributed by atoms with E-state index in [4.69, 9.17) is 0 Å². The predicted octanol–water partition coefficient (Wildman–Crippen LogP) is 2.18. The van der Waals surface area contributed by atoms with Gasteiger partial charge in [0.1, 0.15) is 5.82 Å². The molecule has 0 amide bonds. The molecule has 4 heteroatoms. The van der Waals surface area contributed by atoms with Crippen LogP contribution in [0.2, 0.25) is 0 Å². The molecule has 1 aromatic heterocycles. The van der Waals surface area contributed by atoms with Crippen LogP contribution in [0.15, 0.2) is 30.5 Å². The summed E-state index contributed by atoms with van der Waals surface area (Å²) < 4.78 is 14.9. The van der Waals surface area contributed by atoms with Crippen molar-refractivity contribution in [3.63, 3.8) is 0 Å². The minimum atomic E-state index is -0.207. The smallest absolute Gasteiger partial charge is 0.123 e. The van der Waals surface area contributed by atoms with E-state index in [1.165, 1.54) is 17.8 Å². The predicted molar refractivity (Wildman–Crippen MR) is 63.9 cm³/mol. The molecule has 1 N–H and O–H groups in total. The summed E-state index contributed by atoms with van der Waals surface area (Å²) in [6, 6.07) is 7.01. The van der Waals surface area contributed by atoms with Crippen molar-refractivity contribution in [2.45, 2.75) is 26.1 Å². The summed E-state index contributed by atoms with van der Waals surface area (Å²) in [5.41, 5.74) is 3.28. The normalized spacial score (nSPS) is 19.1. The number of aromatic nitrogens is 2.